The van der Waals surface area contributed by atoms with Crippen molar-refractivity contribution in [3.63, 3.8) is 0 Å². The van der Waals surface area contributed by atoms with Crippen molar-refractivity contribution in [2.24, 2.45) is 5.73 Å². The van der Waals surface area contributed by atoms with Gasteiger partial charge in [0.2, 0.25) is 5.91 Å². The fraction of sp³-hybridized carbons (Fsp3) is 0.188. The zero-order valence-corrected chi connectivity index (χ0v) is 11.6. The standard InChI is InChI=1S/C16H17N3O2/c1-2-3-7-13(15(17)20)19-16(21)14-10-9-11-6-4-5-8-12(11)18-14/h2,4-6,8-10,13H,1,3,7H2,(H2,17,20)(H,19,21)/t13-/m1/s1. The summed E-state index contributed by atoms with van der Waals surface area (Å²) in [5, 5.41) is 3.56. The first-order valence-corrected chi connectivity index (χ1v) is 6.68. The predicted octanol–water partition coefficient (Wildman–Crippen LogP) is 1.78. The minimum absolute atomic E-state index is 0.263. The number of nitrogens with zero attached hydrogens (tertiary/aromatic N) is 1. The van der Waals surface area contributed by atoms with Crippen molar-refractivity contribution in [3.05, 3.63) is 54.7 Å². The van der Waals surface area contributed by atoms with Gasteiger partial charge in [-0.1, -0.05) is 30.3 Å². The van der Waals surface area contributed by atoms with Crippen molar-refractivity contribution in [3.8, 4) is 0 Å². The third kappa shape index (κ3) is 3.66. The number of hydrogen-bond acceptors (Lipinski definition) is 3. The zero-order valence-electron chi connectivity index (χ0n) is 11.6. The van der Waals surface area contributed by atoms with Gasteiger partial charge in [-0.25, -0.2) is 4.98 Å². The Bertz CT molecular complexity index is 682. The van der Waals surface area contributed by atoms with E-state index in [-0.39, 0.29) is 5.69 Å². The molecule has 0 saturated carbocycles. The number of para-hydroxylation sites is 1. The summed E-state index contributed by atoms with van der Waals surface area (Å²) in [4.78, 5) is 27.8. The van der Waals surface area contributed by atoms with Crippen LogP contribution in [0.1, 0.15) is 23.3 Å². The number of hydrogen-bond donors (Lipinski definition) is 2. The fourth-order valence-corrected chi connectivity index (χ4v) is 1.99. The number of nitrogens with one attached hydrogen (secondary N) is 1. The lowest BCUT2D eigenvalue weighted by Gasteiger charge is -2.14. The van der Waals surface area contributed by atoms with Crippen LogP contribution in [0.25, 0.3) is 10.9 Å². The van der Waals surface area contributed by atoms with Gasteiger partial charge >= 0.3 is 0 Å². The van der Waals surface area contributed by atoms with E-state index >= 15 is 0 Å². The molecular weight excluding hydrogens is 266 g/mol. The number of allylic oxidation sites excluding steroid dienone is 1. The molecular formula is C16H17N3O2. The summed E-state index contributed by atoms with van der Waals surface area (Å²) in [6.07, 6.45) is 2.70. The van der Waals surface area contributed by atoms with Gasteiger partial charge in [-0.05, 0) is 25.0 Å². The van der Waals surface area contributed by atoms with E-state index in [1.165, 1.54) is 0 Å². The molecule has 1 atom stereocenters. The predicted molar refractivity (Wildman–Crippen MR) is 81.6 cm³/mol. The van der Waals surface area contributed by atoms with Gasteiger partial charge in [-0.15, -0.1) is 6.58 Å². The number of nitrogens with two attached hydrogens (primary N) is 1. The molecule has 21 heavy (non-hydrogen) atoms. The van der Waals surface area contributed by atoms with Crippen LogP contribution in [0.15, 0.2) is 49.1 Å². The molecule has 0 bridgehead atoms. The maximum atomic E-state index is 12.2. The summed E-state index contributed by atoms with van der Waals surface area (Å²) in [5.41, 5.74) is 6.28. The second-order valence-electron chi connectivity index (χ2n) is 4.68. The van der Waals surface area contributed by atoms with Gasteiger partial charge < -0.3 is 11.1 Å². The fourth-order valence-electron chi connectivity index (χ4n) is 1.99. The van der Waals surface area contributed by atoms with Crippen LogP contribution in [0, 0.1) is 0 Å². The molecule has 0 aliphatic rings. The lowest BCUT2D eigenvalue weighted by Crippen LogP contribution is -2.44. The monoisotopic (exact) mass is 283 g/mol. The minimum Gasteiger partial charge on any atom is -0.368 e. The van der Waals surface area contributed by atoms with Gasteiger partial charge in [0.05, 0.1) is 5.52 Å². The lowest BCUT2D eigenvalue weighted by molar-refractivity contribution is -0.119. The molecule has 0 aliphatic carbocycles. The molecule has 108 valence electrons. The molecule has 5 nitrogen and oxygen atoms in total. The molecule has 0 saturated heterocycles. The maximum absolute atomic E-state index is 12.2. The van der Waals surface area contributed by atoms with Gasteiger partial charge in [0.25, 0.3) is 5.91 Å². The number of carbonyl (C=O) groups is 2. The molecule has 0 unspecified atom stereocenters. The number of pyridine rings is 1. The van der Waals surface area contributed by atoms with Gasteiger partial charge in [-0.2, -0.15) is 0 Å². The number of fused-ring (bicyclic) bond motifs is 1. The molecule has 2 rings (SSSR count). The summed E-state index contributed by atoms with van der Waals surface area (Å²) in [6, 6.07) is 10.2. The van der Waals surface area contributed by atoms with Crippen molar-refractivity contribution in [2.75, 3.05) is 0 Å². The molecule has 5 heteroatoms. The second kappa shape index (κ2) is 6.65. The molecule has 0 spiro atoms. The zero-order chi connectivity index (χ0) is 15.2. The topological polar surface area (TPSA) is 85.1 Å². The first kappa shape index (κ1) is 14.7. The van der Waals surface area contributed by atoms with Crippen molar-refractivity contribution in [1.82, 2.24) is 10.3 Å². The highest BCUT2D eigenvalue weighted by atomic mass is 16.2. The van der Waals surface area contributed by atoms with Gasteiger partial charge in [-0.3, -0.25) is 9.59 Å². The van der Waals surface area contributed by atoms with Crippen LogP contribution in [0.4, 0.5) is 0 Å². The van der Waals surface area contributed by atoms with Gasteiger partial charge in [0, 0.05) is 5.39 Å². The molecule has 2 amide bonds. The van der Waals surface area contributed by atoms with E-state index in [4.69, 9.17) is 5.73 Å². The molecule has 0 aliphatic heterocycles. The molecule has 1 aromatic carbocycles. The van der Waals surface area contributed by atoms with Crippen LogP contribution >= 0.6 is 0 Å². The highest BCUT2D eigenvalue weighted by Gasteiger charge is 2.18. The Labute approximate surface area is 122 Å². The largest absolute Gasteiger partial charge is 0.368 e. The number of amides is 2. The van der Waals surface area contributed by atoms with Crippen molar-refractivity contribution in [2.45, 2.75) is 18.9 Å². The summed E-state index contributed by atoms with van der Waals surface area (Å²) < 4.78 is 0. The summed E-state index contributed by atoms with van der Waals surface area (Å²) in [5.74, 6) is -0.973. The summed E-state index contributed by atoms with van der Waals surface area (Å²) in [7, 11) is 0. The highest BCUT2D eigenvalue weighted by Crippen LogP contribution is 2.12. The van der Waals surface area contributed by atoms with E-state index < -0.39 is 17.9 Å². The second-order valence-corrected chi connectivity index (χ2v) is 4.68. The number of benzene rings is 1. The Balaban J connectivity index is 2.16. The number of carbonyl (C=O) groups excluding carboxylic acids is 2. The molecule has 0 radical (unpaired) electrons. The molecule has 3 N–H and O–H groups in total. The van der Waals surface area contributed by atoms with Crippen molar-refractivity contribution < 1.29 is 9.59 Å². The third-order valence-corrected chi connectivity index (χ3v) is 3.14. The van der Waals surface area contributed by atoms with E-state index in [2.05, 4.69) is 16.9 Å². The Morgan fingerprint density at radius 2 is 2.05 bits per heavy atom. The Morgan fingerprint density at radius 1 is 1.29 bits per heavy atom. The van der Waals surface area contributed by atoms with Gasteiger partial charge in [0.15, 0.2) is 0 Å². The lowest BCUT2D eigenvalue weighted by atomic mass is 10.1. The van der Waals surface area contributed by atoms with Crippen molar-refractivity contribution in [1.29, 1.82) is 0 Å². The van der Waals surface area contributed by atoms with E-state index in [0.717, 1.165) is 10.9 Å². The number of primary amides is 1. The third-order valence-electron chi connectivity index (χ3n) is 3.14. The van der Waals surface area contributed by atoms with Crippen LogP contribution in [0.2, 0.25) is 0 Å². The molecule has 1 heterocycles. The first-order valence-electron chi connectivity index (χ1n) is 6.68. The molecule has 0 fully saturated rings. The Morgan fingerprint density at radius 3 is 2.76 bits per heavy atom. The smallest absolute Gasteiger partial charge is 0.270 e. The SMILES string of the molecule is C=CCC[C@@H](NC(=O)c1ccc2ccccc2n1)C(N)=O. The molecule has 1 aromatic heterocycles. The summed E-state index contributed by atoms with van der Waals surface area (Å²) >= 11 is 0. The average molecular weight is 283 g/mol. The molecule has 2 aromatic rings. The van der Waals surface area contributed by atoms with Crippen LogP contribution in [-0.4, -0.2) is 22.8 Å². The van der Waals surface area contributed by atoms with E-state index in [9.17, 15) is 9.59 Å². The quantitative estimate of drug-likeness (QED) is 0.792. The Hall–Kier alpha value is -2.69. The highest BCUT2D eigenvalue weighted by molar-refractivity contribution is 5.97. The van der Waals surface area contributed by atoms with Crippen LogP contribution in [0.3, 0.4) is 0 Å². The maximum Gasteiger partial charge on any atom is 0.270 e. The number of rotatable bonds is 6. The first-order chi connectivity index (χ1) is 10.1. The van der Waals surface area contributed by atoms with E-state index in [1.54, 1.807) is 12.1 Å². The van der Waals surface area contributed by atoms with E-state index in [0.29, 0.717) is 12.8 Å². The Kier molecular flexibility index (Phi) is 4.66. The normalized spacial score (nSPS) is 11.8. The summed E-state index contributed by atoms with van der Waals surface area (Å²) in [6.45, 7) is 3.59. The van der Waals surface area contributed by atoms with Crippen molar-refractivity contribution >= 4 is 22.7 Å². The van der Waals surface area contributed by atoms with Gasteiger partial charge in [0.1, 0.15) is 11.7 Å². The van der Waals surface area contributed by atoms with E-state index in [1.807, 2.05) is 30.3 Å². The average Bonchev–Trinajstić information content (AvgIpc) is 2.50. The number of aromatic nitrogens is 1. The van der Waals surface area contributed by atoms with Crippen LogP contribution in [-0.2, 0) is 4.79 Å². The van der Waals surface area contributed by atoms with Crippen LogP contribution in [0.5, 0.6) is 0 Å². The minimum atomic E-state index is -0.719. The van der Waals surface area contributed by atoms with Crippen LogP contribution < -0.4 is 11.1 Å².